The Balaban J connectivity index is -0.0000000328. The van der Waals surface area contributed by atoms with E-state index in [0.717, 1.165) is 48.5 Å². The van der Waals surface area contributed by atoms with Gasteiger partial charge in [0.2, 0.25) is 25.6 Å². The van der Waals surface area contributed by atoms with E-state index >= 15 is 0 Å². The molecule has 0 unspecified atom stereocenters. The fourth-order valence-corrected chi connectivity index (χ4v) is 17.1. The predicted octanol–water partition coefficient (Wildman–Crippen LogP) is -49.4. The van der Waals surface area contributed by atoms with Crippen molar-refractivity contribution in [3.05, 3.63) is 106 Å². The molecule has 0 saturated heterocycles. The number of carbonyl (C=O) groups is 4. The molecule has 2 heterocycles. The number of amides is 5. The zero-order valence-corrected chi connectivity index (χ0v) is 141. The monoisotopic (exact) mass is 2200 g/mol. The van der Waals surface area contributed by atoms with Crippen molar-refractivity contribution < 1.29 is 1100 Å². The van der Waals surface area contributed by atoms with Gasteiger partial charge in [-0.2, -0.15) is 0 Å². The van der Waals surface area contributed by atoms with Crippen molar-refractivity contribution >= 4 is 136 Å². The maximum atomic E-state index is 13.8. The Morgan fingerprint density at radius 1 is 0.465 bits per heavy atom. The van der Waals surface area contributed by atoms with E-state index in [1.165, 1.54) is 47.8 Å². The molecule has 0 aliphatic carbocycles. The van der Waals surface area contributed by atoms with Crippen LogP contribution in [0.2, 0.25) is 0 Å². The van der Waals surface area contributed by atoms with Crippen LogP contribution in [0.3, 0.4) is 0 Å². The SMILES string of the molecule is CNCCOCCOCCNC(=O)CCCCCNC(=O)Nc1cc(N=C(N)N)cc(C)c1-c1cccc(S(=O)(=O)c2cc(C(=N)N)sc2SC)c1.CSc1sc(C(=N)N)cc1S(=O)(=O)c1cccc(-c2c(C)cc(N=C(N)N)cc2NC(=O)NCCCCCC(C)=O)c1.[H-].[H-].[H-].[H-].[H-].[H-].[H-].[H-].[H-].[H-].[H-].[H-].[H-].[H-].[H-].[H-].[H-].[H-].[H-].[H-].[K+].[K+].[K+].[K+].[K+].[K+].[K+].[K+].[K+].[K+].[K+].[K+].[K+].[K+].[K+].[K+].[K+].[K+].[K+].[K+]. The smallest absolute Gasteiger partial charge is 1.00 e. The summed E-state index contributed by atoms with van der Waals surface area (Å²) in [6.45, 7) is 9.19. The molecule has 26 nitrogen and oxygen atoms in total. The number of nitrogen functional groups attached to an aromatic ring is 2. The third-order valence-electron chi connectivity index (χ3n) is 13.6. The Bertz CT molecular complexity index is 4100. The molecule has 0 fully saturated rings. The third kappa shape index (κ3) is 69.9. The molecule has 0 atom stereocenters. The number of thioether (sulfide) groups is 2. The van der Waals surface area contributed by atoms with Gasteiger partial charge in [-0.05, 0) is 149 Å². The number of likely N-dealkylation sites (N-methyl/N-ethyl adjacent to an activating group) is 1. The first kappa shape index (κ1) is 175. The van der Waals surface area contributed by atoms with E-state index in [0.29, 0.717) is 152 Å². The van der Waals surface area contributed by atoms with Crippen molar-refractivity contribution in [3.63, 3.8) is 0 Å². The van der Waals surface area contributed by atoms with Gasteiger partial charge in [-0.3, -0.25) is 15.6 Å². The van der Waals surface area contributed by atoms with Crippen molar-refractivity contribution in [2.75, 3.05) is 82.8 Å². The van der Waals surface area contributed by atoms with Gasteiger partial charge in [-0.15, -0.1) is 46.2 Å². The number of sulfone groups is 2. The van der Waals surface area contributed by atoms with Crippen LogP contribution in [0.1, 0.15) is 108 Å². The Hall–Kier alpha value is 24.6. The van der Waals surface area contributed by atoms with Gasteiger partial charge in [0.05, 0.1) is 86.9 Å². The van der Waals surface area contributed by atoms with E-state index in [4.69, 9.17) is 54.7 Å². The number of amidine groups is 2. The third-order valence-corrected chi connectivity index (χ3v) is 22.3. The molecule has 0 radical (unpaired) electrons. The Morgan fingerprint density at radius 3 is 1.14 bits per heavy atom. The van der Waals surface area contributed by atoms with Gasteiger partial charge in [-0.1, -0.05) is 37.1 Å². The van der Waals surface area contributed by atoms with E-state index < -0.39 is 31.7 Å². The maximum Gasteiger partial charge on any atom is 1.00 e. The van der Waals surface area contributed by atoms with Crippen molar-refractivity contribution in [2.24, 2.45) is 44.4 Å². The van der Waals surface area contributed by atoms with E-state index in [1.54, 1.807) is 87.0 Å². The summed E-state index contributed by atoms with van der Waals surface area (Å²) in [6, 6.07) is 21.5. The number of hydrogen-bond donors (Lipinski definition) is 14. The summed E-state index contributed by atoms with van der Waals surface area (Å²) in [4.78, 5) is 58.4. The normalized spacial score (nSPS) is 9.21. The van der Waals surface area contributed by atoms with Crippen molar-refractivity contribution in [2.45, 2.75) is 100 Å². The maximum absolute atomic E-state index is 13.8. The van der Waals surface area contributed by atoms with Gasteiger partial charge in [0.1, 0.15) is 17.5 Å². The molecule has 2 aromatic heterocycles. The number of ether oxygens (including phenoxy) is 2. The number of rotatable bonds is 35. The minimum atomic E-state index is -3.99. The molecule has 6 rings (SSSR count). The molecule has 5 amide bonds. The molecule has 6 aromatic rings. The minimum absolute atomic E-state index is 0. The molecule has 114 heavy (non-hydrogen) atoms. The second-order valence-corrected chi connectivity index (χ2v) is 29.1. The quantitative estimate of drug-likeness (QED) is 0.00578. The molecule has 0 bridgehead atoms. The number of unbranched alkanes of at least 4 members (excludes halogenated alkanes) is 4. The topological polar surface area (TPSA) is 456 Å². The first-order chi connectivity index (χ1) is 44.7. The average molecular weight is 2210 g/mol. The van der Waals surface area contributed by atoms with E-state index in [9.17, 15) is 36.0 Å². The summed E-state index contributed by atoms with van der Waals surface area (Å²) in [5.74, 6) is -0.639. The van der Waals surface area contributed by atoms with Crippen molar-refractivity contribution in [1.29, 1.82) is 10.8 Å². The number of urea groups is 2. The van der Waals surface area contributed by atoms with Gasteiger partial charge >= 0.3 is 1040 Å². The number of aryl methyl sites for hydroxylation is 2. The number of carbonyl (C=O) groups excluding carboxylic acids is 4. The zero-order valence-electron chi connectivity index (χ0n) is 93.3. The van der Waals surface area contributed by atoms with Crippen LogP contribution in [0, 0.1) is 24.7 Å². The summed E-state index contributed by atoms with van der Waals surface area (Å²) < 4.78 is 67.0. The van der Waals surface area contributed by atoms with Gasteiger partial charge in [0.15, 0.2) is 11.9 Å². The van der Waals surface area contributed by atoms with Gasteiger partial charge in [0, 0.05) is 50.1 Å². The number of thiophene rings is 2. The van der Waals surface area contributed by atoms with E-state index in [1.807, 2.05) is 14.0 Å². The molecule has 52 heteroatoms. The first-order valence-corrected chi connectivity index (χ1v) is 36.6. The number of aliphatic imine (C=N–C) groups is 2. The standard InChI is InChI=1S/C34H49N9O6S3.C28H35N7O4S3.20K.20H/c1-22-18-24(42-33(37)38)20-26(43-34(45)41-11-6-4-5-10-29(44)40-13-15-49-17-16-48-14-12-39-2)30(22)23-8-7-9-25(19-23)52(46,47)28-21-27(31(35)36)51-32(28)50-3;1-16-12-19(34-27(31)32)14-21(35-28(37)33-11-6-4-5-8-17(2)36)24(16)18-9-7-10-20(13-18)42(38,39)23-15-22(25(29)30)41-26(23)40-3;;;;;;;;;;;;;;;;;;;;;;;;;;;;;;;;;;;;;;;;/h7-9,18-21,39H,4-6,10-17H2,1-3H3,(H3,35,36)(H,40,44)(H4,37,38,42)(H2,41,43,45);7,9-10,12-15H,4-6,8,11H2,1-3H3,(H3,29,30)(H4,31,32,34)(H2,33,35,37);;;;;;;;;;;;;;;;;;;;;;;;;;;;;;;;;;;;;;;;/q;;20*+1;20*-1. The number of hydrogen-bond acceptors (Lipinski definition) is 19. The fourth-order valence-electron chi connectivity index (χ4n) is 9.31. The molecule has 4 aromatic carbocycles. The molecule has 20 N–H and O–H groups in total. The molecule has 0 spiro atoms. The van der Waals surface area contributed by atoms with Crippen LogP contribution in [0.25, 0.3) is 22.3 Å². The second-order valence-electron chi connectivity index (χ2n) is 21.0. The van der Waals surface area contributed by atoms with Crippen LogP contribution >= 0.6 is 46.2 Å². The Labute approximate surface area is 1570 Å². The predicted molar refractivity (Wildman–Crippen MR) is 402 cm³/mol. The van der Waals surface area contributed by atoms with Gasteiger partial charge in [0.25, 0.3) is 0 Å². The van der Waals surface area contributed by atoms with Crippen LogP contribution in [-0.4, -0.2) is 136 Å². The van der Waals surface area contributed by atoms with Crippen LogP contribution in [-0.2, 0) is 38.7 Å². The minimum Gasteiger partial charge on any atom is -1.00 e. The second kappa shape index (κ2) is 102. The van der Waals surface area contributed by atoms with E-state index in [-0.39, 0.29) is 1110 Å². The number of benzene rings is 4. The van der Waals surface area contributed by atoms with Crippen LogP contribution in [0.5, 0.6) is 0 Å². The molecule has 0 aliphatic heterocycles. The number of guanidine groups is 2. The number of Topliss-reactive ketones (excluding diaryl/α,β-unsaturated/α-hetero) is 1. The molecular formula is C62H104K20N16O10S6. The van der Waals surface area contributed by atoms with Crippen molar-refractivity contribution in [3.8, 4) is 22.3 Å². The first-order valence-electron chi connectivity index (χ1n) is 29.6. The summed E-state index contributed by atoms with van der Waals surface area (Å²) in [5.41, 5.74) is 38.9. The van der Waals surface area contributed by atoms with Crippen LogP contribution < -0.4 is 1090 Å². The summed E-state index contributed by atoms with van der Waals surface area (Å²) in [5, 5.41) is 32.7. The Morgan fingerprint density at radius 2 is 0.816 bits per heavy atom. The number of ketones is 1. The van der Waals surface area contributed by atoms with Crippen LogP contribution in [0.15, 0.2) is 123 Å². The summed E-state index contributed by atoms with van der Waals surface area (Å²) >= 11 is 4.83. The number of anilines is 2. The average Bonchev–Trinajstić information content (AvgIpc) is 1.47. The van der Waals surface area contributed by atoms with Crippen LogP contribution in [0.4, 0.5) is 32.3 Å². The number of nitrogens with two attached hydrogens (primary N) is 6. The summed E-state index contributed by atoms with van der Waals surface area (Å²) in [7, 11) is -6.09. The van der Waals surface area contributed by atoms with Gasteiger partial charge < -0.3 is 109 Å². The van der Waals surface area contributed by atoms with Crippen molar-refractivity contribution in [1.82, 2.24) is 21.3 Å². The van der Waals surface area contributed by atoms with E-state index in [2.05, 4.69) is 41.9 Å². The molecule has 548 valence electrons. The Kier molecular flexibility index (Phi) is 156. The molecular weight excluding hydrogens is 2100 g/mol. The summed E-state index contributed by atoms with van der Waals surface area (Å²) in [6.07, 6.45) is 8.76. The van der Waals surface area contributed by atoms with Gasteiger partial charge in [-0.25, -0.2) is 36.4 Å². The number of nitrogens with zero attached hydrogens (tertiary/aromatic N) is 2. The molecule has 0 saturated carbocycles. The largest absolute Gasteiger partial charge is 1.00 e. The molecule has 0 aliphatic rings. The number of nitrogens with one attached hydrogen (secondary N) is 8. The zero-order chi connectivity index (χ0) is 69.1. The fraction of sp³-hybridized carbons (Fsp3) is 0.355.